The quantitative estimate of drug-likeness (QED) is 0.0858. The highest BCUT2D eigenvalue weighted by atomic mass is 16.5. The van der Waals surface area contributed by atoms with Crippen molar-refractivity contribution in [3.8, 4) is 17.2 Å². The van der Waals surface area contributed by atoms with Crippen LogP contribution in [0.2, 0.25) is 0 Å². The van der Waals surface area contributed by atoms with Gasteiger partial charge in [0.2, 0.25) is 0 Å². The van der Waals surface area contributed by atoms with Crippen LogP contribution in [0, 0.1) is 0 Å². The molecule has 0 fully saturated rings. The third-order valence-electron chi connectivity index (χ3n) is 12.5. The summed E-state index contributed by atoms with van der Waals surface area (Å²) in [6, 6.07) is 21.1. The number of benzene rings is 4. The van der Waals surface area contributed by atoms with Crippen molar-refractivity contribution in [1.82, 2.24) is 0 Å². The van der Waals surface area contributed by atoms with Crippen LogP contribution in [0.4, 0.5) is 0 Å². The molecule has 0 aliphatic carbocycles. The van der Waals surface area contributed by atoms with Gasteiger partial charge in [0.1, 0.15) is 17.2 Å². The highest BCUT2D eigenvalue weighted by Gasteiger charge is 2.54. The summed E-state index contributed by atoms with van der Waals surface area (Å²) in [5.41, 5.74) is 7.16. The van der Waals surface area contributed by atoms with Crippen LogP contribution in [0.15, 0.2) is 60.7 Å². The van der Waals surface area contributed by atoms with Gasteiger partial charge in [0, 0.05) is 86.9 Å². The lowest BCUT2D eigenvalue weighted by Gasteiger charge is -2.55. The monoisotopic (exact) mass is 772 g/mol. The largest absolute Gasteiger partial charge is 0.507 e. The van der Waals surface area contributed by atoms with Crippen LogP contribution in [-0.4, -0.2) is 58.0 Å². The van der Waals surface area contributed by atoms with Crippen LogP contribution in [0.5, 0.6) is 17.2 Å². The van der Waals surface area contributed by atoms with Gasteiger partial charge in [-0.2, -0.15) is 0 Å². The van der Waals surface area contributed by atoms with Gasteiger partial charge in [-0.1, -0.05) is 72.7 Å². The van der Waals surface area contributed by atoms with Crippen molar-refractivity contribution in [3.05, 3.63) is 122 Å². The molecular formula is C47H64O9. The second-order valence-corrected chi connectivity index (χ2v) is 16.6. The van der Waals surface area contributed by atoms with Crippen molar-refractivity contribution < 1.29 is 43.7 Å². The second-order valence-electron chi connectivity index (χ2n) is 16.6. The molecule has 0 aliphatic heterocycles. The Morgan fingerprint density at radius 1 is 0.357 bits per heavy atom. The normalized spacial score (nSPS) is 12.7. The van der Waals surface area contributed by atoms with Gasteiger partial charge in [0.25, 0.3) is 0 Å². The molecule has 0 unspecified atom stereocenters. The van der Waals surface area contributed by atoms with Gasteiger partial charge in [-0.3, -0.25) is 0 Å². The predicted molar refractivity (Wildman–Crippen MR) is 221 cm³/mol. The van der Waals surface area contributed by atoms with Crippen LogP contribution in [0.1, 0.15) is 110 Å². The van der Waals surface area contributed by atoms with Gasteiger partial charge in [0.05, 0.1) is 39.6 Å². The Morgan fingerprint density at radius 3 is 0.839 bits per heavy atom. The highest BCUT2D eigenvalue weighted by molar-refractivity contribution is 5.54. The molecule has 9 heteroatoms. The first kappa shape index (κ1) is 44.8. The molecule has 4 rings (SSSR count). The highest BCUT2D eigenvalue weighted by Crippen LogP contribution is 2.57. The third-order valence-corrected chi connectivity index (χ3v) is 12.5. The van der Waals surface area contributed by atoms with E-state index in [-0.39, 0.29) is 56.9 Å². The summed E-state index contributed by atoms with van der Waals surface area (Å²) in [5, 5.41) is 33.5. The summed E-state index contributed by atoms with van der Waals surface area (Å²) in [7, 11) is 9.74. The van der Waals surface area contributed by atoms with Crippen LogP contribution in [0.25, 0.3) is 0 Å². The first-order valence-corrected chi connectivity index (χ1v) is 19.0. The summed E-state index contributed by atoms with van der Waals surface area (Å²) in [4.78, 5) is 0. The summed E-state index contributed by atoms with van der Waals surface area (Å²) in [6.45, 7) is 17.2. The number of hydrogen-bond acceptors (Lipinski definition) is 9. The number of ether oxygens (including phenoxy) is 6. The molecule has 0 saturated carbocycles. The Hall–Kier alpha value is -3.96. The van der Waals surface area contributed by atoms with Gasteiger partial charge in [-0.05, 0) is 75.0 Å². The van der Waals surface area contributed by atoms with Crippen molar-refractivity contribution in [2.24, 2.45) is 0 Å². The maximum Gasteiger partial charge on any atom is 0.126 e. The maximum absolute atomic E-state index is 11.3. The molecule has 4 aromatic carbocycles. The Bertz CT molecular complexity index is 1780. The van der Waals surface area contributed by atoms with E-state index in [0.29, 0.717) is 33.4 Å². The van der Waals surface area contributed by atoms with E-state index in [1.807, 2.05) is 36.4 Å². The van der Waals surface area contributed by atoms with E-state index in [1.165, 1.54) is 0 Å². The standard InChI is InChI=1S/C47H64O9/c1-44(2,38-18-30(24-51-8)41(48)31(19-38)25-52-9)36-14-16-37(17-15-36)47(7,45(3,4)39-20-32(26-53-10)42(49)33(21-39)27-54-11)46(5,6)40-22-34(28-55-12)43(50)35(23-40)29-56-13/h14-23,48-50H,24-29H2,1-13H3. The number of hydrogen-bond donors (Lipinski definition) is 3. The van der Waals surface area contributed by atoms with Crippen LogP contribution < -0.4 is 0 Å². The van der Waals surface area contributed by atoms with Crippen molar-refractivity contribution in [2.75, 3.05) is 42.7 Å². The molecule has 9 nitrogen and oxygen atoms in total. The first-order valence-electron chi connectivity index (χ1n) is 19.0. The van der Waals surface area contributed by atoms with Gasteiger partial charge < -0.3 is 43.7 Å². The molecule has 0 aliphatic rings. The van der Waals surface area contributed by atoms with Gasteiger partial charge in [-0.15, -0.1) is 0 Å². The van der Waals surface area contributed by atoms with Crippen LogP contribution in [-0.2, 0) is 89.7 Å². The fourth-order valence-electron chi connectivity index (χ4n) is 8.42. The third kappa shape index (κ3) is 8.35. The minimum atomic E-state index is -0.643. The molecule has 0 aromatic heterocycles. The molecule has 56 heavy (non-hydrogen) atoms. The van der Waals surface area contributed by atoms with E-state index in [0.717, 1.165) is 27.8 Å². The Morgan fingerprint density at radius 2 is 0.589 bits per heavy atom. The number of phenolic OH excluding ortho intramolecular Hbond substituents is 3. The van der Waals surface area contributed by atoms with Crippen LogP contribution >= 0.6 is 0 Å². The first-order chi connectivity index (χ1) is 26.4. The molecule has 0 radical (unpaired) electrons. The summed E-state index contributed by atoms with van der Waals surface area (Å²) in [6.07, 6.45) is 0. The molecular weight excluding hydrogens is 709 g/mol. The lowest BCUT2D eigenvalue weighted by molar-refractivity contribution is 0.156. The zero-order chi connectivity index (χ0) is 41.6. The summed E-state index contributed by atoms with van der Waals surface area (Å²) >= 11 is 0. The average Bonchev–Trinajstić information content (AvgIpc) is 3.16. The fraction of sp³-hybridized carbons (Fsp3) is 0.489. The van der Waals surface area contributed by atoms with Gasteiger partial charge in [-0.25, -0.2) is 0 Å². The topological polar surface area (TPSA) is 116 Å². The van der Waals surface area contributed by atoms with Gasteiger partial charge in [0.15, 0.2) is 0 Å². The van der Waals surface area contributed by atoms with Crippen molar-refractivity contribution in [1.29, 1.82) is 0 Å². The van der Waals surface area contributed by atoms with Crippen molar-refractivity contribution in [2.45, 2.75) is 110 Å². The van der Waals surface area contributed by atoms with E-state index in [9.17, 15) is 15.3 Å². The fourth-order valence-corrected chi connectivity index (χ4v) is 8.42. The maximum atomic E-state index is 11.3. The molecule has 0 spiro atoms. The van der Waals surface area contributed by atoms with E-state index >= 15 is 0 Å². The Balaban J connectivity index is 2.02. The number of methoxy groups -OCH3 is 6. The minimum Gasteiger partial charge on any atom is -0.507 e. The second kappa shape index (κ2) is 18.1. The SMILES string of the molecule is COCc1cc(C(C)(C)c2ccc(C(C)(C(C)(C)c3cc(COC)c(O)c(COC)c3)C(C)(C)c3cc(COC)c(O)c(COC)c3)cc2)cc(COC)c1O. The predicted octanol–water partition coefficient (Wildman–Crippen LogP) is 9.22. The molecule has 0 saturated heterocycles. The average molecular weight is 773 g/mol. The van der Waals surface area contributed by atoms with E-state index in [2.05, 4.69) is 72.7 Å². The molecule has 4 aromatic rings. The van der Waals surface area contributed by atoms with Gasteiger partial charge >= 0.3 is 0 Å². The van der Waals surface area contributed by atoms with E-state index in [4.69, 9.17) is 28.4 Å². The smallest absolute Gasteiger partial charge is 0.126 e. The lowest BCUT2D eigenvalue weighted by atomic mass is 9.47. The van der Waals surface area contributed by atoms with E-state index in [1.54, 1.807) is 42.7 Å². The van der Waals surface area contributed by atoms with Crippen LogP contribution in [0.3, 0.4) is 0 Å². The molecule has 0 atom stereocenters. The summed E-state index contributed by atoms with van der Waals surface area (Å²) in [5.74, 6) is 0.533. The lowest BCUT2D eigenvalue weighted by Crippen LogP contribution is -2.55. The number of rotatable bonds is 19. The Labute approximate surface area is 334 Å². The van der Waals surface area contributed by atoms with E-state index < -0.39 is 21.7 Å². The Kier molecular flexibility index (Phi) is 14.5. The molecule has 0 heterocycles. The minimum absolute atomic E-state index is 0.171. The zero-order valence-electron chi connectivity index (χ0n) is 35.8. The number of aromatic hydroxyl groups is 3. The molecule has 3 N–H and O–H groups in total. The molecule has 0 bridgehead atoms. The van der Waals surface area contributed by atoms with Crippen molar-refractivity contribution in [3.63, 3.8) is 0 Å². The molecule has 0 amide bonds. The zero-order valence-corrected chi connectivity index (χ0v) is 35.8. The van der Waals surface area contributed by atoms with Crippen molar-refractivity contribution >= 4 is 0 Å². The molecule has 306 valence electrons. The summed E-state index contributed by atoms with van der Waals surface area (Å²) < 4.78 is 33.1. The number of phenols is 3.